The first-order chi connectivity index (χ1) is 9.23. The van der Waals surface area contributed by atoms with E-state index in [1.54, 1.807) is 27.8 Å². The van der Waals surface area contributed by atoms with Crippen LogP contribution < -0.4 is 10.6 Å². The predicted molar refractivity (Wildman–Crippen MR) is 76.2 cm³/mol. The molecule has 1 aromatic rings. The highest BCUT2D eigenvalue weighted by atomic mass is 16.6. The van der Waals surface area contributed by atoms with E-state index in [9.17, 15) is 14.7 Å². The van der Waals surface area contributed by atoms with Crippen LogP contribution in [-0.4, -0.2) is 36.2 Å². The highest BCUT2D eigenvalue weighted by Gasteiger charge is 2.17. The predicted octanol–water partition coefficient (Wildman–Crippen LogP) is 2.14. The average molecular weight is 280 g/mol. The number of rotatable bonds is 4. The second-order valence-electron chi connectivity index (χ2n) is 5.31. The molecule has 1 aromatic carbocycles. The van der Waals surface area contributed by atoms with Crippen molar-refractivity contribution >= 4 is 17.6 Å². The van der Waals surface area contributed by atoms with Gasteiger partial charge in [0.25, 0.3) is 0 Å². The molecule has 1 amide bonds. The molecule has 0 aliphatic rings. The molecule has 0 bridgehead atoms. The van der Waals surface area contributed by atoms with Crippen molar-refractivity contribution < 1.29 is 19.4 Å². The van der Waals surface area contributed by atoms with E-state index >= 15 is 0 Å². The van der Waals surface area contributed by atoms with E-state index in [0.717, 1.165) is 0 Å². The van der Waals surface area contributed by atoms with Crippen LogP contribution in [0.2, 0.25) is 0 Å². The Balaban J connectivity index is 2.85. The van der Waals surface area contributed by atoms with Crippen LogP contribution >= 0.6 is 0 Å². The number of carbonyl (C=O) groups excluding carboxylic acids is 2. The molecule has 1 rings (SSSR count). The number of aromatic hydroxyl groups is 1. The zero-order valence-corrected chi connectivity index (χ0v) is 12.1. The molecule has 0 aliphatic heterocycles. The molecule has 0 fully saturated rings. The minimum atomic E-state index is -0.616. The van der Waals surface area contributed by atoms with Gasteiger partial charge in [0.15, 0.2) is 5.78 Å². The summed E-state index contributed by atoms with van der Waals surface area (Å²) in [6.45, 7) is 5.37. The fourth-order valence-corrected chi connectivity index (χ4v) is 1.51. The number of ether oxygens (including phenoxy) is 1. The van der Waals surface area contributed by atoms with Gasteiger partial charge in [-0.2, -0.15) is 0 Å². The first kappa shape index (κ1) is 16.0. The number of Topliss-reactive ketones (excluding diaryl/α,β-unsaturated/α-hetero) is 1. The number of phenols is 1. The van der Waals surface area contributed by atoms with Gasteiger partial charge in [-0.05, 0) is 46.0 Å². The highest BCUT2D eigenvalue weighted by Crippen LogP contribution is 2.22. The Bertz CT molecular complexity index is 506. The molecule has 3 N–H and O–H groups in total. The summed E-state index contributed by atoms with van der Waals surface area (Å²) in [5.41, 5.74) is -0.0735. The van der Waals surface area contributed by atoms with Crippen molar-refractivity contribution in [1.82, 2.24) is 5.32 Å². The number of carbonyl (C=O) groups is 2. The molecule has 0 atom stereocenters. The normalized spacial score (nSPS) is 11.0. The van der Waals surface area contributed by atoms with E-state index in [4.69, 9.17) is 4.74 Å². The number of hydrogen-bond donors (Lipinski definition) is 3. The first-order valence-electron chi connectivity index (χ1n) is 6.24. The molecule has 0 unspecified atom stereocenters. The van der Waals surface area contributed by atoms with Crippen LogP contribution in [0.3, 0.4) is 0 Å². The molecular formula is C14H20N2O4. The van der Waals surface area contributed by atoms with Gasteiger partial charge in [-0.1, -0.05) is 0 Å². The minimum absolute atomic E-state index is 0.101. The van der Waals surface area contributed by atoms with Gasteiger partial charge in [-0.15, -0.1) is 0 Å². The summed E-state index contributed by atoms with van der Waals surface area (Å²) in [7, 11) is 1.64. The lowest BCUT2D eigenvalue weighted by molar-refractivity contribution is 0.0635. The van der Waals surface area contributed by atoms with E-state index in [-0.39, 0.29) is 23.6 Å². The second-order valence-corrected chi connectivity index (χ2v) is 5.31. The number of hydrogen-bond acceptors (Lipinski definition) is 5. The maximum absolute atomic E-state index is 11.8. The summed E-state index contributed by atoms with van der Waals surface area (Å²) < 4.78 is 5.11. The van der Waals surface area contributed by atoms with Crippen molar-refractivity contribution in [2.45, 2.75) is 26.4 Å². The van der Waals surface area contributed by atoms with Crippen LogP contribution in [0.4, 0.5) is 10.5 Å². The molecule has 20 heavy (non-hydrogen) atoms. The van der Waals surface area contributed by atoms with Gasteiger partial charge >= 0.3 is 6.09 Å². The zero-order chi connectivity index (χ0) is 15.3. The maximum Gasteiger partial charge on any atom is 0.412 e. The lowest BCUT2D eigenvalue weighted by Crippen LogP contribution is -2.27. The average Bonchev–Trinajstić information content (AvgIpc) is 2.29. The van der Waals surface area contributed by atoms with E-state index < -0.39 is 11.7 Å². The molecule has 0 heterocycles. The monoisotopic (exact) mass is 280 g/mol. The number of phenolic OH excluding ortho intramolecular Hbond substituents is 1. The fraction of sp³-hybridized carbons (Fsp3) is 0.429. The summed E-state index contributed by atoms with van der Waals surface area (Å²) >= 11 is 0. The van der Waals surface area contributed by atoms with Crippen molar-refractivity contribution in [2.24, 2.45) is 0 Å². The largest absolute Gasteiger partial charge is 0.507 e. The topological polar surface area (TPSA) is 87.7 Å². The lowest BCUT2D eigenvalue weighted by Gasteiger charge is -2.19. The number of benzene rings is 1. The van der Waals surface area contributed by atoms with Gasteiger partial charge in [0.2, 0.25) is 0 Å². The van der Waals surface area contributed by atoms with E-state index in [2.05, 4.69) is 10.6 Å². The molecule has 0 saturated carbocycles. The van der Waals surface area contributed by atoms with Crippen LogP contribution in [0.15, 0.2) is 18.2 Å². The summed E-state index contributed by atoms with van der Waals surface area (Å²) in [6.07, 6.45) is -0.616. The van der Waals surface area contributed by atoms with Crippen LogP contribution in [0.1, 0.15) is 31.1 Å². The number of nitrogens with one attached hydrogen (secondary N) is 2. The third kappa shape index (κ3) is 4.89. The molecule has 0 aromatic heterocycles. The Labute approximate surface area is 118 Å². The standard InChI is InChI=1S/C14H20N2O4/c1-14(2,3)20-13(19)16-9-5-6-11(17)10(7-9)12(18)8-15-4/h5-7,15,17H,8H2,1-4H3,(H,16,19). The van der Waals surface area contributed by atoms with Crippen LogP contribution in [0.25, 0.3) is 0 Å². The molecular weight excluding hydrogens is 260 g/mol. The van der Waals surface area contributed by atoms with Gasteiger partial charge in [-0.25, -0.2) is 4.79 Å². The smallest absolute Gasteiger partial charge is 0.412 e. The number of anilines is 1. The zero-order valence-electron chi connectivity index (χ0n) is 12.1. The van der Waals surface area contributed by atoms with E-state index in [1.807, 2.05) is 0 Å². The van der Waals surface area contributed by atoms with E-state index in [0.29, 0.717) is 5.69 Å². The third-order valence-electron chi connectivity index (χ3n) is 2.28. The molecule has 0 spiro atoms. The van der Waals surface area contributed by atoms with Crippen molar-refractivity contribution in [2.75, 3.05) is 18.9 Å². The van der Waals surface area contributed by atoms with Crippen molar-refractivity contribution in [3.63, 3.8) is 0 Å². The van der Waals surface area contributed by atoms with E-state index in [1.165, 1.54) is 18.2 Å². The maximum atomic E-state index is 11.8. The molecule has 0 aliphatic carbocycles. The van der Waals surface area contributed by atoms with Crippen molar-refractivity contribution in [3.05, 3.63) is 23.8 Å². The Hall–Kier alpha value is -2.08. The Morgan fingerprint density at radius 3 is 2.50 bits per heavy atom. The molecule has 0 saturated heterocycles. The summed E-state index contributed by atoms with van der Waals surface area (Å²) in [5, 5.41) is 14.9. The Morgan fingerprint density at radius 1 is 1.30 bits per heavy atom. The number of amides is 1. The van der Waals surface area contributed by atoms with Gasteiger partial charge in [-0.3, -0.25) is 10.1 Å². The number of ketones is 1. The van der Waals surface area contributed by atoms with Gasteiger partial charge < -0.3 is 15.2 Å². The summed E-state index contributed by atoms with van der Waals surface area (Å²) in [4.78, 5) is 23.4. The second kappa shape index (κ2) is 6.38. The first-order valence-corrected chi connectivity index (χ1v) is 6.24. The van der Waals surface area contributed by atoms with Gasteiger partial charge in [0.1, 0.15) is 11.4 Å². The minimum Gasteiger partial charge on any atom is -0.507 e. The lowest BCUT2D eigenvalue weighted by atomic mass is 10.1. The fourth-order valence-electron chi connectivity index (χ4n) is 1.51. The number of likely N-dealkylation sites (N-methyl/N-ethyl adjacent to an activating group) is 1. The third-order valence-corrected chi connectivity index (χ3v) is 2.28. The quantitative estimate of drug-likeness (QED) is 0.581. The summed E-state index contributed by atoms with van der Waals surface area (Å²) in [6, 6.07) is 4.27. The van der Waals surface area contributed by atoms with Crippen molar-refractivity contribution in [3.8, 4) is 5.75 Å². The molecule has 110 valence electrons. The molecule has 0 radical (unpaired) electrons. The SMILES string of the molecule is CNCC(=O)c1cc(NC(=O)OC(C)(C)C)ccc1O. The molecule has 6 nitrogen and oxygen atoms in total. The Morgan fingerprint density at radius 2 is 1.95 bits per heavy atom. The van der Waals surface area contributed by atoms with Crippen LogP contribution in [0.5, 0.6) is 5.75 Å². The molecule has 6 heteroatoms. The Kier molecular flexibility index (Phi) is 5.10. The summed E-state index contributed by atoms with van der Waals surface area (Å²) in [5.74, 6) is -0.391. The van der Waals surface area contributed by atoms with Gasteiger partial charge in [0.05, 0.1) is 12.1 Å². The highest BCUT2D eigenvalue weighted by molar-refractivity contribution is 6.01. The van der Waals surface area contributed by atoms with Crippen LogP contribution in [-0.2, 0) is 4.74 Å². The van der Waals surface area contributed by atoms with Gasteiger partial charge in [0, 0.05) is 5.69 Å². The van der Waals surface area contributed by atoms with Crippen molar-refractivity contribution in [1.29, 1.82) is 0 Å². The van der Waals surface area contributed by atoms with Crippen LogP contribution in [0, 0.1) is 0 Å².